The van der Waals surface area contributed by atoms with Gasteiger partial charge in [0.15, 0.2) is 0 Å². The Labute approximate surface area is 93.6 Å². The van der Waals surface area contributed by atoms with Gasteiger partial charge in [-0.3, -0.25) is 4.57 Å². The summed E-state index contributed by atoms with van der Waals surface area (Å²) in [7, 11) is 0. The maximum absolute atomic E-state index is 5.61. The van der Waals surface area contributed by atoms with Crippen LogP contribution in [0.15, 0.2) is 36.7 Å². The summed E-state index contributed by atoms with van der Waals surface area (Å²) in [5.41, 5.74) is 7.54. The number of hydrogen-bond donors (Lipinski definition) is 1. The van der Waals surface area contributed by atoms with Gasteiger partial charge < -0.3 is 5.73 Å². The molecular weight excluding hydrogens is 206 g/mol. The van der Waals surface area contributed by atoms with Crippen molar-refractivity contribution in [2.45, 2.75) is 6.92 Å². The van der Waals surface area contributed by atoms with Gasteiger partial charge in [-0.25, -0.2) is 4.98 Å². The van der Waals surface area contributed by atoms with Crippen molar-refractivity contribution >= 4 is 17.2 Å². The zero-order valence-corrected chi connectivity index (χ0v) is 9.16. The lowest BCUT2D eigenvalue weighted by Crippen LogP contribution is -2.14. The standard InChI is InChI=1S/C11H11N3S/c1-8-4-5-10(13-7-8)14-6-2-3-9(14)11(12)15/h2-7H,1H3,(H2,12,15). The number of aromatic nitrogens is 2. The minimum atomic E-state index is 0.377. The molecule has 0 aliphatic rings. The molecular formula is C11H11N3S. The SMILES string of the molecule is Cc1ccc(-n2cccc2C(N)=S)nc1. The summed E-state index contributed by atoms with van der Waals surface area (Å²) in [6.07, 6.45) is 3.71. The van der Waals surface area contributed by atoms with Gasteiger partial charge in [0.25, 0.3) is 0 Å². The van der Waals surface area contributed by atoms with Crippen LogP contribution in [-0.4, -0.2) is 14.5 Å². The molecule has 0 amide bonds. The summed E-state index contributed by atoms with van der Waals surface area (Å²) < 4.78 is 1.88. The zero-order chi connectivity index (χ0) is 10.8. The van der Waals surface area contributed by atoms with Crippen LogP contribution in [0.25, 0.3) is 5.82 Å². The Bertz CT molecular complexity index is 485. The maximum Gasteiger partial charge on any atom is 0.137 e. The third kappa shape index (κ3) is 1.89. The van der Waals surface area contributed by atoms with E-state index in [2.05, 4.69) is 4.98 Å². The highest BCUT2D eigenvalue weighted by Gasteiger charge is 2.05. The summed E-state index contributed by atoms with van der Waals surface area (Å²) in [6, 6.07) is 7.72. The van der Waals surface area contributed by atoms with E-state index in [1.165, 1.54) is 0 Å². The molecule has 2 aromatic heterocycles. The van der Waals surface area contributed by atoms with E-state index in [0.29, 0.717) is 4.99 Å². The summed E-state index contributed by atoms with van der Waals surface area (Å²) in [5.74, 6) is 0.827. The quantitative estimate of drug-likeness (QED) is 0.780. The molecule has 0 aromatic carbocycles. The van der Waals surface area contributed by atoms with Crippen molar-refractivity contribution in [3.05, 3.63) is 47.9 Å². The van der Waals surface area contributed by atoms with Crippen molar-refractivity contribution in [1.29, 1.82) is 0 Å². The van der Waals surface area contributed by atoms with Crippen LogP contribution in [0.4, 0.5) is 0 Å². The Balaban J connectivity index is 2.49. The van der Waals surface area contributed by atoms with Gasteiger partial charge in [-0.2, -0.15) is 0 Å². The highest BCUT2D eigenvalue weighted by Crippen LogP contribution is 2.10. The molecule has 4 heteroatoms. The van der Waals surface area contributed by atoms with Crippen molar-refractivity contribution in [1.82, 2.24) is 9.55 Å². The van der Waals surface area contributed by atoms with Crippen molar-refractivity contribution in [2.75, 3.05) is 0 Å². The van der Waals surface area contributed by atoms with Gasteiger partial charge >= 0.3 is 0 Å². The van der Waals surface area contributed by atoms with Crippen molar-refractivity contribution in [3.63, 3.8) is 0 Å². The van der Waals surface area contributed by atoms with Crippen LogP contribution in [0.2, 0.25) is 0 Å². The second kappa shape index (κ2) is 3.82. The van der Waals surface area contributed by atoms with Gasteiger partial charge in [-0.1, -0.05) is 18.3 Å². The number of nitrogens with zero attached hydrogens (tertiary/aromatic N) is 2. The van der Waals surface area contributed by atoms with Crippen molar-refractivity contribution in [2.24, 2.45) is 5.73 Å². The molecule has 3 nitrogen and oxygen atoms in total. The normalized spacial score (nSPS) is 10.2. The first-order chi connectivity index (χ1) is 7.18. The lowest BCUT2D eigenvalue weighted by molar-refractivity contribution is 0.991. The summed E-state index contributed by atoms with van der Waals surface area (Å²) in [6.45, 7) is 2.00. The smallest absolute Gasteiger partial charge is 0.137 e. The lowest BCUT2D eigenvalue weighted by atomic mass is 10.3. The number of rotatable bonds is 2. The van der Waals surface area contributed by atoms with Gasteiger partial charge in [0.1, 0.15) is 10.8 Å². The first-order valence-corrected chi connectivity index (χ1v) is 4.99. The fourth-order valence-corrected chi connectivity index (χ4v) is 1.55. The Hall–Kier alpha value is -1.68. The fraction of sp³-hybridized carbons (Fsp3) is 0.0909. The zero-order valence-electron chi connectivity index (χ0n) is 8.34. The molecule has 0 saturated heterocycles. The van der Waals surface area contributed by atoms with Crippen LogP contribution in [0, 0.1) is 6.92 Å². The molecule has 0 aliphatic carbocycles. The maximum atomic E-state index is 5.61. The molecule has 0 aliphatic heterocycles. The number of aryl methyl sites for hydroxylation is 1. The Kier molecular flexibility index (Phi) is 2.51. The first-order valence-electron chi connectivity index (χ1n) is 4.58. The topological polar surface area (TPSA) is 43.8 Å². The molecule has 2 rings (SSSR count). The second-order valence-corrected chi connectivity index (χ2v) is 3.76. The predicted molar refractivity (Wildman–Crippen MR) is 64.2 cm³/mol. The predicted octanol–water partition coefficient (Wildman–Crippen LogP) is 1.81. The van der Waals surface area contributed by atoms with Crippen LogP contribution >= 0.6 is 12.2 Å². The number of pyridine rings is 1. The summed E-state index contributed by atoms with van der Waals surface area (Å²) in [4.78, 5) is 4.69. The van der Waals surface area contributed by atoms with Crippen LogP contribution in [0.5, 0.6) is 0 Å². The van der Waals surface area contributed by atoms with Gasteiger partial charge in [0.2, 0.25) is 0 Å². The molecule has 2 N–H and O–H groups in total. The number of nitrogens with two attached hydrogens (primary N) is 1. The molecule has 2 heterocycles. The molecule has 15 heavy (non-hydrogen) atoms. The number of thiocarbonyl (C=S) groups is 1. The minimum absolute atomic E-state index is 0.377. The Morgan fingerprint density at radius 3 is 2.80 bits per heavy atom. The molecule has 0 fully saturated rings. The van der Waals surface area contributed by atoms with Gasteiger partial charge in [-0.05, 0) is 30.7 Å². The van der Waals surface area contributed by atoms with E-state index in [9.17, 15) is 0 Å². The van der Waals surface area contributed by atoms with Crippen LogP contribution in [-0.2, 0) is 0 Å². The van der Waals surface area contributed by atoms with E-state index in [0.717, 1.165) is 17.1 Å². The van der Waals surface area contributed by atoms with E-state index in [1.807, 2.05) is 48.1 Å². The average molecular weight is 217 g/mol. The molecule has 0 radical (unpaired) electrons. The van der Waals surface area contributed by atoms with E-state index in [-0.39, 0.29) is 0 Å². The van der Waals surface area contributed by atoms with E-state index in [1.54, 1.807) is 0 Å². The molecule has 2 aromatic rings. The minimum Gasteiger partial charge on any atom is -0.388 e. The Morgan fingerprint density at radius 1 is 1.40 bits per heavy atom. The molecule has 0 atom stereocenters. The third-order valence-electron chi connectivity index (χ3n) is 2.14. The molecule has 0 spiro atoms. The fourth-order valence-electron chi connectivity index (χ4n) is 1.38. The van der Waals surface area contributed by atoms with Gasteiger partial charge in [0.05, 0.1) is 5.69 Å². The third-order valence-corrected chi connectivity index (χ3v) is 2.35. The molecule has 0 saturated carbocycles. The Morgan fingerprint density at radius 2 is 2.20 bits per heavy atom. The van der Waals surface area contributed by atoms with E-state index < -0.39 is 0 Å². The van der Waals surface area contributed by atoms with Crippen LogP contribution in [0.1, 0.15) is 11.3 Å². The highest BCUT2D eigenvalue weighted by atomic mass is 32.1. The molecule has 0 unspecified atom stereocenters. The second-order valence-electron chi connectivity index (χ2n) is 3.32. The van der Waals surface area contributed by atoms with E-state index in [4.69, 9.17) is 18.0 Å². The van der Waals surface area contributed by atoms with E-state index >= 15 is 0 Å². The molecule has 76 valence electrons. The van der Waals surface area contributed by atoms with Crippen LogP contribution in [0.3, 0.4) is 0 Å². The summed E-state index contributed by atoms with van der Waals surface area (Å²) in [5, 5.41) is 0. The highest BCUT2D eigenvalue weighted by molar-refractivity contribution is 7.80. The average Bonchev–Trinajstić information content (AvgIpc) is 2.67. The van der Waals surface area contributed by atoms with Gasteiger partial charge in [-0.15, -0.1) is 0 Å². The monoisotopic (exact) mass is 217 g/mol. The summed E-state index contributed by atoms with van der Waals surface area (Å²) >= 11 is 4.96. The first kappa shape index (κ1) is 9.86. The molecule has 0 bridgehead atoms. The van der Waals surface area contributed by atoms with Gasteiger partial charge in [0, 0.05) is 12.4 Å². The van der Waals surface area contributed by atoms with Crippen LogP contribution < -0.4 is 5.73 Å². The van der Waals surface area contributed by atoms with Crippen molar-refractivity contribution < 1.29 is 0 Å². The number of hydrogen-bond acceptors (Lipinski definition) is 2. The lowest BCUT2D eigenvalue weighted by Gasteiger charge is -2.06. The van der Waals surface area contributed by atoms with Crippen molar-refractivity contribution in [3.8, 4) is 5.82 Å². The largest absolute Gasteiger partial charge is 0.388 e.